The van der Waals surface area contributed by atoms with E-state index in [4.69, 9.17) is 0 Å². The molecule has 1 atom stereocenters. The highest BCUT2D eigenvalue weighted by Crippen LogP contribution is 2.24. The molecule has 1 fully saturated rings. The predicted molar refractivity (Wildman–Crippen MR) is 103 cm³/mol. The fourth-order valence-corrected chi connectivity index (χ4v) is 4.73. The number of hydrogen-bond acceptors (Lipinski definition) is 4. The van der Waals surface area contributed by atoms with Crippen molar-refractivity contribution in [3.63, 3.8) is 0 Å². The summed E-state index contributed by atoms with van der Waals surface area (Å²) in [6.07, 6.45) is 2.50. The first-order chi connectivity index (χ1) is 11.4. The number of nitrogens with one attached hydrogen (secondary N) is 2. The van der Waals surface area contributed by atoms with E-state index in [9.17, 15) is 13.2 Å². The number of carbonyl (C=O) groups is 1. The zero-order valence-corrected chi connectivity index (χ0v) is 16.7. The molecule has 1 aromatic rings. The maximum atomic E-state index is 12.7. The number of anilines is 1. The normalized spacial score (nSPS) is 17.4. The zero-order chi connectivity index (χ0) is 17.7. The molecule has 0 radical (unpaired) electrons. The summed E-state index contributed by atoms with van der Waals surface area (Å²) < 4.78 is 26.9. The molecule has 0 aromatic heterocycles. The quantitative estimate of drug-likeness (QED) is 0.751. The Morgan fingerprint density at radius 1 is 1.32 bits per heavy atom. The molecule has 0 spiro atoms. The Hall–Kier alpha value is -1.15. The van der Waals surface area contributed by atoms with Gasteiger partial charge in [0.25, 0.3) is 0 Å². The molecule has 142 valence electrons. The third-order valence-electron chi connectivity index (χ3n) is 4.39. The van der Waals surface area contributed by atoms with Crippen LogP contribution in [0.15, 0.2) is 23.1 Å². The summed E-state index contributed by atoms with van der Waals surface area (Å²) in [5, 5.41) is 6.11. The number of hydrogen-bond donors (Lipinski definition) is 2. The predicted octanol–water partition coefficient (Wildman–Crippen LogP) is 2.53. The highest BCUT2D eigenvalue weighted by molar-refractivity contribution is 7.89. The number of sulfonamides is 1. The van der Waals surface area contributed by atoms with E-state index in [1.807, 2.05) is 13.8 Å². The topological polar surface area (TPSA) is 78.5 Å². The minimum absolute atomic E-state index is 0. The van der Waals surface area contributed by atoms with Crippen molar-refractivity contribution in [1.82, 2.24) is 9.62 Å². The molecule has 0 bridgehead atoms. The first kappa shape index (κ1) is 21.9. The van der Waals surface area contributed by atoms with Crippen LogP contribution in [-0.2, 0) is 14.8 Å². The summed E-state index contributed by atoms with van der Waals surface area (Å²) in [7, 11) is -3.54. The summed E-state index contributed by atoms with van der Waals surface area (Å²) in [4.78, 5) is 12.4. The molecule has 25 heavy (non-hydrogen) atoms. The molecule has 1 heterocycles. The van der Waals surface area contributed by atoms with Crippen LogP contribution in [-0.4, -0.2) is 44.3 Å². The van der Waals surface area contributed by atoms with Gasteiger partial charge in [-0.25, -0.2) is 8.42 Å². The second kappa shape index (κ2) is 9.52. The zero-order valence-electron chi connectivity index (χ0n) is 15.0. The number of aryl methyl sites for hydroxylation is 1. The Labute approximate surface area is 156 Å². The molecule has 2 N–H and O–H groups in total. The van der Waals surface area contributed by atoms with Crippen molar-refractivity contribution in [2.24, 2.45) is 0 Å². The SMILES string of the molecule is CCN(CC)S(=O)(=O)c1cc(NC(=O)CC2CCCN2)ccc1C.Cl. The first-order valence-corrected chi connectivity index (χ1v) is 9.96. The second-order valence-electron chi connectivity index (χ2n) is 6.12. The third kappa shape index (κ3) is 5.41. The molecule has 1 aliphatic heterocycles. The van der Waals surface area contributed by atoms with Crippen molar-refractivity contribution in [3.8, 4) is 0 Å². The van der Waals surface area contributed by atoms with Gasteiger partial charge in [-0.15, -0.1) is 12.4 Å². The van der Waals surface area contributed by atoms with Gasteiger partial charge in [-0.1, -0.05) is 19.9 Å². The monoisotopic (exact) mass is 389 g/mol. The maximum Gasteiger partial charge on any atom is 0.243 e. The van der Waals surface area contributed by atoms with Gasteiger partial charge < -0.3 is 10.6 Å². The number of halogens is 1. The Bertz CT molecular complexity index is 684. The van der Waals surface area contributed by atoms with E-state index < -0.39 is 10.0 Å². The Morgan fingerprint density at radius 2 is 2.00 bits per heavy atom. The molecule has 1 amide bonds. The third-order valence-corrected chi connectivity index (χ3v) is 6.58. The molecule has 1 saturated heterocycles. The molecule has 8 heteroatoms. The lowest BCUT2D eigenvalue weighted by Gasteiger charge is -2.20. The van der Waals surface area contributed by atoms with Gasteiger partial charge in [-0.05, 0) is 44.0 Å². The average molecular weight is 390 g/mol. The van der Waals surface area contributed by atoms with E-state index >= 15 is 0 Å². The van der Waals surface area contributed by atoms with E-state index in [1.54, 1.807) is 25.1 Å². The van der Waals surface area contributed by atoms with E-state index in [-0.39, 0.29) is 29.3 Å². The summed E-state index contributed by atoms with van der Waals surface area (Å²) in [5.41, 5.74) is 1.20. The summed E-state index contributed by atoms with van der Waals surface area (Å²) in [5.74, 6) is -0.0931. The highest BCUT2D eigenvalue weighted by Gasteiger charge is 2.24. The van der Waals surface area contributed by atoms with Crippen molar-refractivity contribution in [3.05, 3.63) is 23.8 Å². The van der Waals surface area contributed by atoms with Crippen LogP contribution in [0.2, 0.25) is 0 Å². The average Bonchev–Trinajstić information content (AvgIpc) is 3.02. The van der Waals surface area contributed by atoms with Gasteiger partial charge in [0.1, 0.15) is 0 Å². The molecule has 6 nitrogen and oxygen atoms in total. The van der Waals surface area contributed by atoms with Gasteiger partial charge >= 0.3 is 0 Å². The van der Waals surface area contributed by atoms with Crippen LogP contribution in [0.1, 0.15) is 38.7 Å². The smallest absolute Gasteiger partial charge is 0.243 e. The lowest BCUT2D eigenvalue weighted by Crippen LogP contribution is -2.31. The van der Waals surface area contributed by atoms with E-state index in [0.29, 0.717) is 30.8 Å². The van der Waals surface area contributed by atoms with Crippen LogP contribution < -0.4 is 10.6 Å². The molecular formula is C17H28ClN3O3S. The Kier molecular flexibility index (Phi) is 8.34. The van der Waals surface area contributed by atoms with Crippen LogP contribution in [0.3, 0.4) is 0 Å². The molecule has 1 aliphatic rings. The van der Waals surface area contributed by atoms with Gasteiger partial charge in [0, 0.05) is 31.2 Å². The van der Waals surface area contributed by atoms with Gasteiger partial charge in [0.15, 0.2) is 0 Å². The minimum atomic E-state index is -3.54. The van der Waals surface area contributed by atoms with Gasteiger partial charge in [0.05, 0.1) is 4.90 Å². The summed E-state index contributed by atoms with van der Waals surface area (Å²) in [6, 6.07) is 5.26. The van der Waals surface area contributed by atoms with Crippen LogP contribution in [0.25, 0.3) is 0 Å². The molecular weight excluding hydrogens is 362 g/mol. The van der Waals surface area contributed by atoms with Crippen molar-refractivity contribution in [1.29, 1.82) is 0 Å². The van der Waals surface area contributed by atoms with Crippen molar-refractivity contribution in [2.75, 3.05) is 25.0 Å². The number of rotatable bonds is 7. The first-order valence-electron chi connectivity index (χ1n) is 8.52. The standard InChI is InChI=1S/C17H27N3O3S.ClH/c1-4-20(5-2)24(22,23)16-11-15(9-8-13(16)3)19-17(21)12-14-7-6-10-18-14;/h8-9,11,14,18H,4-7,10,12H2,1-3H3,(H,19,21);1H. The molecule has 1 unspecified atom stereocenters. The van der Waals surface area contributed by atoms with E-state index in [0.717, 1.165) is 19.4 Å². The van der Waals surface area contributed by atoms with Gasteiger partial charge in [-0.2, -0.15) is 4.31 Å². The van der Waals surface area contributed by atoms with Gasteiger partial charge in [0.2, 0.25) is 15.9 Å². The molecule has 2 rings (SSSR count). The Balaban J connectivity index is 0.00000312. The maximum absolute atomic E-state index is 12.7. The van der Waals surface area contributed by atoms with E-state index in [1.165, 1.54) is 4.31 Å². The number of amides is 1. The van der Waals surface area contributed by atoms with E-state index in [2.05, 4.69) is 10.6 Å². The Morgan fingerprint density at radius 3 is 2.56 bits per heavy atom. The summed E-state index contributed by atoms with van der Waals surface area (Å²) >= 11 is 0. The van der Waals surface area contributed by atoms with Crippen molar-refractivity contribution >= 4 is 34.0 Å². The number of benzene rings is 1. The molecule has 0 saturated carbocycles. The second-order valence-corrected chi connectivity index (χ2v) is 8.02. The van der Waals surface area contributed by atoms with Crippen LogP contribution in [0, 0.1) is 6.92 Å². The fraction of sp³-hybridized carbons (Fsp3) is 0.588. The van der Waals surface area contributed by atoms with Crippen molar-refractivity contribution < 1.29 is 13.2 Å². The van der Waals surface area contributed by atoms with Gasteiger partial charge in [-0.3, -0.25) is 4.79 Å². The van der Waals surface area contributed by atoms with Crippen LogP contribution >= 0.6 is 12.4 Å². The largest absolute Gasteiger partial charge is 0.326 e. The fourth-order valence-electron chi connectivity index (χ4n) is 3.03. The summed E-state index contributed by atoms with van der Waals surface area (Å²) in [6.45, 7) is 7.19. The lowest BCUT2D eigenvalue weighted by molar-refractivity contribution is -0.116. The van der Waals surface area contributed by atoms with Crippen LogP contribution in [0.5, 0.6) is 0 Å². The van der Waals surface area contributed by atoms with Crippen molar-refractivity contribution in [2.45, 2.75) is 51.0 Å². The molecule has 0 aliphatic carbocycles. The number of nitrogens with zero attached hydrogens (tertiary/aromatic N) is 1. The minimum Gasteiger partial charge on any atom is -0.326 e. The van der Waals surface area contributed by atoms with Crippen LogP contribution in [0.4, 0.5) is 5.69 Å². The number of carbonyl (C=O) groups excluding carboxylic acids is 1. The highest BCUT2D eigenvalue weighted by atomic mass is 35.5. The molecule has 1 aromatic carbocycles. The lowest BCUT2D eigenvalue weighted by atomic mass is 10.1.